The zero-order chi connectivity index (χ0) is 23.0. The number of fused-ring (bicyclic) bond motifs is 1. The predicted octanol–water partition coefficient (Wildman–Crippen LogP) is 4.26. The normalized spacial score (nSPS) is 10.7. The number of para-hydroxylation sites is 3. The molecule has 0 spiro atoms. The molecule has 0 saturated carbocycles. The van der Waals surface area contributed by atoms with Gasteiger partial charge in [-0.05, 0) is 47.9 Å². The second kappa shape index (κ2) is 10.7. The van der Waals surface area contributed by atoms with Gasteiger partial charge in [0.15, 0.2) is 5.16 Å². The maximum atomic E-state index is 12.3. The van der Waals surface area contributed by atoms with E-state index < -0.39 is 0 Å². The largest absolute Gasteiger partial charge is 0.496 e. The summed E-state index contributed by atoms with van der Waals surface area (Å²) in [6.45, 7) is 0. The van der Waals surface area contributed by atoms with Crippen LogP contribution in [0.15, 0.2) is 78.0 Å². The summed E-state index contributed by atoms with van der Waals surface area (Å²) in [6, 6.07) is 22.7. The number of ether oxygens (including phenoxy) is 1. The van der Waals surface area contributed by atoms with E-state index in [2.05, 4.69) is 20.8 Å². The Morgan fingerprint density at radius 2 is 1.73 bits per heavy atom. The Hall–Kier alpha value is -3.78. The molecule has 0 atom stereocenters. The number of rotatable bonds is 8. The van der Waals surface area contributed by atoms with Gasteiger partial charge in [-0.1, -0.05) is 54.2 Å². The number of imidazole rings is 1. The first-order chi connectivity index (χ1) is 16.1. The molecule has 3 N–H and O–H groups in total. The fourth-order valence-corrected chi connectivity index (χ4v) is 4.16. The minimum Gasteiger partial charge on any atom is -0.496 e. The summed E-state index contributed by atoms with van der Waals surface area (Å²) < 4.78 is 5.29. The van der Waals surface area contributed by atoms with E-state index in [-0.39, 0.29) is 18.2 Å². The third-order valence-electron chi connectivity index (χ3n) is 5.09. The number of hydrogen-bond donors (Lipinski definition) is 3. The van der Waals surface area contributed by atoms with Gasteiger partial charge in [-0.2, -0.15) is 0 Å². The molecule has 168 valence electrons. The number of aryl methyl sites for hydroxylation is 1. The number of nitrogens with one attached hydrogen (secondary N) is 3. The van der Waals surface area contributed by atoms with Gasteiger partial charge in [-0.25, -0.2) is 4.98 Å². The summed E-state index contributed by atoms with van der Waals surface area (Å²) >= 11 is 1.60. The van der Waals surface area contributed by atoms with Crippen molar-refractivity contribution in [2.24, 2.45) is 0 Å². The summed E-state index contributed by atoms with van der Waals surface area (Å²) in [4.78, 5) is 32.3. The first-order valence-electron chi connectivity index (χ1n) is 10.5. The Labute approximate surface area is 195 Å². The Balaban J connectivity index is 1.23. The van der Waals surface area contributed by atoms with Crippen LogP contribution in [0.4, 0.5) is 0 Å². The topological polar surface area (TPSA) is 96.1 Å². The van der Waals surface area contributed by atoms with Crippen molar-refractivity contribution in [3.63, 3.8) is 0 Å². The maximum absolute atomic E-state index is 12.3. The van der Waals surface area contributed by atoms with Crippen LogP contribution in [0.25, 0.3) is 11.0 Å². The first-order valence-corrected chi connectivity index (χ1v) is 11.5. The monoisotopic (exact) mass is 460 g/mol. The standard InChI is InChI=1S/C25H24N4O3S/c1-32-22-9-5-2-6-18(22)14-15-23(30)28-29-24(31)19-12-10-17(11-13-19)16-33-25-26-20-7-3-4-8-21(20)27-25/h2-13H,14-16H2,1H3,(H,26,27)(H,28,30)(H,29,31). The second-order valence-electron chi connectivity index (χ2n) is 7.36. The number of H-pyrrole nitrogens is 1. The van der Waals surface area contributed by atoms with Crippen molar-refractivity contribution in [3.05, 3.63) is 89.5 Å². The third kappa shape index (κ3) is 5.93. The van der Waals surface area contributed by atoms with Gasteiger partial charge in [-0.3, -0.25) is 20.4 Å². The number of amides is 2. The van der Waals surface area contributed by atoms with Crippen molar-refractivity contribution >= 4 is 34.6 Å². The number of hydrogen-bond acceptors (Lipinski definition) is 5. The highest BCUT2D eigenvalue weighted by molar-refractivity contribution is 7.98. The number of carbonyl (C=O) groups is 2. The number of methoxy groups -OCH3 is 1. The van der Waals surface area contributed by atoms with E-state index in [9.17, 15) is 9.59 Å². The van der Waals surface area contributed by atoms with E-state index >= 15 is 0 Å². The summed E-state index contributed by atoms with van der Waals surface area (Å²) in [5.74, 6) is 0.833. The molecule has 0 aliphatic rings. The van der Waals surface area contributed by atoms with Gasteiger partial charge in [0.05, 0.1) is 18.1 Å². The van der Waals surface area contributed by atoms with Crippen LogP contribution in [-0.2, 0) is 17.0 Å². The van der Waals surface area contributed by atoms with E-state index in [1.54, 1.807) is 31.0 Å². The molecule has 1 aromatic heterocycles. The fourth-order valence-electron chi connectivity index (χ4n) is 3.32. The van der Waals surface area contributed by atoms with Crippen molar-refractivity contribution in [3.8, 4) is 5.75 Å². The Morgan fingerprint density at radius 3 is 2.52 bits per heavy atom. The molecule has 0 unspecified atom stereocenters. The molecule has 1 heterocycles. The average molecular weight is 461 g/mol. The van der Waals surface area contributed by atoms with Crippen LogP contribution in [-0.4, -0.2) is 28.9 Å². The van der Waals surface area contributed by atoms with Gasteiger partial charge in [0, 0.05) is 17.7 Å². The number of benzene rings is 3. The molecule has 0 radical (unpaired) electrons. The van der Waals surface area contributed by atoms with E-state index in [0.29, 0.717) is 12.0 Å². The molecular formula is C25H24N4O3S. The molecule has 33 heavy (non-hydrogen) atoms. The summed E-state index contributed by atoms with van der Waals surface area (Å²) in [5, 5.41) is 0.855. The smallest absolute Gasteiger partial charge is 0.269 e. The molecule has 8 heteroatoms. The van der Waals surface area contributed by atoms with Crippen LogP contribution in [0.1, 0.15) is 27.9 Å². The van der Waals surface area contributed by atoms with Crippen molar-refractivity contribution in [2.45, 2.75) is 23.8 Å². The lowest BCUT2D eigenvalue weighted by Gasteiger charge is -2.10. The molecule has 0 fully saturated rings. The third-order valence-corrected chi connectivity index (χ3v) is 6.03. The van der Waals surface area contributed by atoms with Crippen LogP contribution in [0.5, 0.6) is 5.75 Å². The van der Waals surface area contributed by atoms with Crippen molar-refractivity contribution < 1.29 is 14.3 Å². The van der Waals surface area contributed by atoms with Crippen LogP contribution in [0, 0.1) is 0 Å². The van der Waals surface area contributed by atoms with Gasteiger partial charge < -0.3 is 9.72 Å². The molecule has 0 aliphatic heterocycles. The Kier molecular flexibility index (Phi) is 7.26. The van der Waals surface area contributed by atoms with Crippen LogP contribution in [0.3, 0.4) is 0 Å². The van der Waals surface area contributed by atoms with E-state index in [4.69, 9.17) is 4.74 Å². The van der Waals surface area contributed by atoms with Crippen molar-refractivity contribution in [1.29, 1.82) is 0 Å². The molecule has 3 aromatic carbocycles. The maximum Gasteiger partial charge on any atom is 0.269 e. The second-order valence-corrected chi connectivity index (χ2v) is 8.32. The van der Waals surface area contributed by atoms with Crippen molar-refractivity contribution in [2.75, 3.05) is 7.11 Å². The lowest BCUT2D eigenvalue weighted by Crippen LogP contribution is -2.41. The number of aromatic nitrogens is 2. The molecule has 0 bridgehead atoms. The Morgan fingerprint density at radius 1 is 0.970 bits per heavy atom. The zero-order valence-electron chi connectivity index (χ0n) is 18.1. The lowest BCUT2D eigenvalue weighted by molar-refractivity contribution is -0.121. The van der Waals surface area contributed by atoms with Crippen molar-refractivity contribution in [1.82, 2.24) is 20.8 Å². The van der Waals surface area contributed by atoms with Crippen LogP contribution < -0.4 is 15.6 Å². The molecule has 0 saturated heterocycles. The molecule has 0 aliphatic carbocycles. The number of nitrogens with zero attached hydrogens (tertiary/aromatic N) is 1. The summed E-state index contributed by atoms with van der Waals surface area (Å²) in [6.07, 6.45) is 0.752. The van der Waals surface area contributed by atoms with E-state index in [0.717, 1.165) is 38.8 Å². The van der Waals surface area contributed by atoms with Gasteiger partial charge in [0.1, 0.15) is 5.75 Å². The van der Waals surface area contributed by atoms with Crippen LogP contribution >= 0.6 is 11.8 Å². The van der Waals surface area contributed by atoms with E-state index in [1.807, 2.05) is 60.7 Å². The lowest BCUT2D eigenvalue weighted by atomic mass is 10.1. The number of carbonyl (C=O) groups excluding carboxylic acids is 2. The van der Waals surface area contributed by atoms with E-state index in [1.165, 1.54) is 0 Å². The predicted molar refractivity (Wildman–Crippen MR) is 129 cm³/mol. The van der Waals surface area contributed by atoms with Gasteiger partial charge in [-0.15, -0.1) is 0 Å². The number of thioether (sulfide) groups is 1. The highest BCUT2D eigenvalue weighted by Crippen LogP contribution is 2.23. The van der Waals surface area contributed by atoms with Gasteiger partial charge in [0.2, 0.25) is 5.91 Å². The average Bonchev–Trinajstić information content (AvgIpc) is 3.28. The minimum absolute atomic E-state index is 0.235. The van der Waals surface area contributed by atoms with Crippen LogP contribution in [0.2, 0.25) is 0 Å². The molecule has 2 amide bonds. The quantitative estimate of drug-likeness (QED) is 0.270. The summed E-state index contributed by atoms with van der Waals surface area (Å²) in [5.41, 5.74) is 9.36. The molecule has 4 rings (SSSR count). The highest BCUT2D eigenvalue weighted by Gasteiger charge is 2.10. The minimum atomic E-state index is -0.364. The number of aromatic amines is 1. The molecule has 4 aromatic rings. The molecular weight excluding hydrogens is 436 g/mol. The number of hydrazine groups is 1. The van der Waals surface area contributed by atoms with Gasteiger partial charge in [0.25, 0.3) is 5.91 Å². The SMILES string of the molecule is COc1ccccc1CCC(=O)NNC(=O)c1ccc(CSc2nc3ccccc3[nH]2)cc1. The molecule has 7 nitrogen and oxygen atoms in total. The fraction of sp³-hybridized carbons (Fsp3) is 0.160. The first kappa shape index (κ1) is 22.4. The zero-order valence-corrected chi connectivity index (χ0v) is 18.9. The highest BCUT2D eigenvalue weighted by atomic mass is 32.2. The summed E-state index contributed by atoms with van der Waals surface area (Å²) in [7, 11) is 1.60. The Bertz CT molecular complexity index is 1220. The van der Waals surface area contributed by atoms with Gasteiger partial charge >= 0.3 is 0 Å².